The van der Waals surface area contributed by atoms with Crippen molar-refractivity contribution in [1.82, 2.24) is 0 Å². The van der Waals surface area contributed by atoms with E-state index in [1.165, 1.54) is 31.2 Å². The van der Waals surface area contributed by atoms with Crippen LogP contribution in [0.3, 0.4) is 0 Å². The van der Waals surface area contributed by atoms with Gasteiger partial charge < -0.3 is 4.74 Å². The number of hydrogen-bond donors (Lipinski definition) is 0. The van der Waals surface area contributed by atoms with Crippen molar-refractivity contribution < 1.29 is 14.5 Å². The predicted molar refractivity (Wildman–Crippen MR) is 53.9 cm³/mol. The first-order valence-corrected chi connectivity index (χ1v) is 4.42. The fourth-order valence-electron chi connectivity index (χ4n) is 0.934. The Kier molecular flexibility index (Phi) is 3.38. The summed E-state index contributed by atoms with van der Waals surface area (Å²) in [5.74, 6) is 0.358. The average molecular weight is 209 g/mol. The highest BCUT2D eigenvalue weighted by Gasteiger charge is 2.10. The number of ketones is 1. The third-order valence-corrected chi connectivity index (χ3v) is 1.93. The first kappa shape index (κ1) is 11.2. The number of nitrogens with zero attached hydrogens (tertiary/aromatic N) is 1. The van der Waals surface area contributed by atoms with Gasteiger partial charge in [0.15, 0.2) is 11.9 Å². The first-order chi connectivity index (χ1) is 7.00. The second-order valence-corrected chi connectivity index (χ2v) is 3.12. The minimum atomic E-state index is -0.536. The van der Waals surface area contributed by atoms with Crippen LogP contribution >= 0.6 is 0 Å². The van der Waals surface area contributed by atoms with E-state index in [1.54, 1.807) is 6.92 Å². The summed E-state index contributed by atoms with van der Waals surface area (Å²) in [6, 6.07) is 5.61. The molecule has 0 aromatic heterocycles. The van der Waals surface area contributed by atoms with Crippen LogP contribution in [0, 0.1) is 10.1 Å². The third-order valence-electron chi connectivity index (χ3n) is 1.93. The lowest BCUT2D eigenvalue weighted by atomic mass is 10.2. The molecule has 80 valence electrons. The Labute approximate surface area is 86.8 Å². The quantitative estimate of drug-likeness (QED) is 0.561. The van der Waals surface area contributed by atoms with Crippen molar-refractivity contribution in [2.75, 3.05) is 0 Å². The zero-order chi connectivity index (χ0) is 11.4. The number of nitro groups is 1. The summed E-state index contributed by atoms with van der Waals surface area (Å²) in [4.78, 5) is 20.8. The summed E-state index contributed by atoms with van der Waals surface area (Å²) in [6.07, 6.45) is -0.536. The highest BCUT2D eigenvalue weighted by atomic mass is 16.6. The van der Waals surface area contributed by atoms with Crippen LogP contribution in [0.15, 0.2) is 24.3 Å². The number of benzene rings is 1. The largest absolute Gasteiger partial charge is 0.483 e. The van der Waals surface area contributed by atoms with E-state index in [4.69, 9.17) is 4.74 Å². The van der Waals surface area contributed by atoms with E-state index in [9.17, 15) is 14.9 Å². The average Bonchev–Trinajstić information content (AvgIpc) is 2.18. The molecule has 15 heavy (non-hydrogen) atoms. The first-order valence-electron chi connectivity index (χ1n) is 4.42. The Balaban J connectivity index is 2.72. The summed E-state index contributed by atoms with van der Waals surface area (Å²) in [5.41, 5.74) is -0.00201. The Morgan fingerprint density at radius 2 is 1.93 bits per heavy atom. The van der Waals surface area contributed by atoms with Crippen LogP contribution in [0.2, 0.25) is 0 Å². The highest BCUT2D eigenvalue weighted by Crippen LogP contribution is 2.18. The Morgan fingerprint density at radius 3 is 2.33 bits per heavy atom. The monoisotopic (exact) mass is 209 g/mol. The van der Waals surface area contributed by atoms with Gasteiger partial charge in [-0.25, -0.2) is 0 Å². The number of nitro benzene ring substituents is 1. The van der Waals surface area contributed by atoms with Crippen molar-refractivity contribution in [3.8, 4) is 5.75 Å². The van der Waals surface area contributed by atoms with Crippen molar-refractivity contribution in [2.45, 2.75) is 20.0 Å². The van der Waals surface area contributed by atoms with E-state index < -0.39 is 11.0 Å². The number of ether oxygens (including phenoxy) is 1. The second kappa shape index (κ2) is 4.54. The molecule has 1 aromatic rings. The van der Waals surface area contributed by atoms with Crippen LogP contribution in [-0.2, 0) is 4.79 Å². The summed E-state index contributed by atoms with van der Waals surface area (Å²) >= 11 is 0. The van der Waals surface area contributed by atoms with Gasteiger partial charge >= 0.3 is 0 Å². The molecule has 0 aliphatic carbocycles. The van der Waals surface area contributed by atoms with Crippen molar-refractivity contribution in [2.24, 2.45) is 0 Å². The van der Waals surface area contributed by atoms with E-state index in [0.717, 1.165) is 0 Å². The van der Waals surface area contributed by atoms with Gasteiger partial charge in [-0.2, -0.15) is 0 Å². The molecule has 0 aliphatic heterocycles. The Bertz CT molecular complexity index is 372. The molecular weight excluding hydrogens is 198 g/mol. The SMILES string of the molecule is CC(=O)C(C)Oc1ccc([N+](=O)[O-])cc1. The summed E-state index contributed by atoms with van der Waals surface area (Å²) in [5, 5.41) is 10.4. The van der Waals surface area contributed by atoms with Gasteiger partial charge in [-0.3, -0.25) is 14.9 Å². The third kappa shape index (κ3) is 3.05. The molecule has 0 bridgehead atoms. The highest BCUT2D eigenvalue weighted by molar-refractivity contribution is 5.80. The van der Waals surface area contributed by atoms with Gasteiger partial charge in [0.2, 0.25) is 0 Å². The number of rotatable bonds is 4. The number of carbonyl (C=O) groups excluding carboxylic acids is 1. The molecule has 0 radical (unpaired) electrons. The zero-order valence-electron chi connectivity index (χ0n) is 8.47. The molecule has 5 heteroatoms. The van der Waals surface area contributed by atoms with Crippen molar-refractivity contribution >= 4 is 11.5 Å². The summed E-state index contributed by atoms with van der Waals surface area (Å²) in [6.45, 7) is 3.06. The van der Waals surface area contributed by atoms with E-state index in [-0.39, 0.29) is 11.5 Å². The van der Waals surface area contributed by atoms with Crippen LogP contribution in [0.25, 0.3) is 0 Å². The van der Waals surface area contributed by atoms with Crippen molar-refractivity contribution in [3.05, 3.63) is 34.4 Å². The maximum Gasteiger partial charge on any atom is 0.269 e. The molecular formula is C10H11NO4. The van der Waals surface area contributed by atoms with E-state index in [1.807, 2.05) is 0 Å². The van der Waals surface area contributed by atoms with Gasteiger partial charge in [-0.05, 0) is 26.0 Å². The molecule has 5 nitrogen and oxygen atoms in total. The molecule has 0 aliphatic rings. The zero-order valence-corrected chi connectivity index (χ0v) is 8.47. The van der Waals surface area contributed by atoms with Crippen molar-refractivity contribution in [3.63, 3.8) is 0 Å². The van der Waals surface area contributed by atoms with Gasteiger partial charge in [-0.15, -0.1) is 0 Å². The number of carbonyl (C=O) groups is 1. The smallest absolute Gasteiger partial charge is 0.269 e. The summed E-state index contributed by atoms with van der Waals surface area (Å²) in [7, 11) is 0. The topological polar surface area (TPSA) is 69.4 Å². The van der Waals surface area contributed by atoms with Crippen LogP contribution < -0.4 is 4.74 Å². The molecule has 0 amide bonds. The number of hydrogen-bond acceptors (Lipinski definition) is 4. The fraction of sp³-hybridized carbons (Fsp3) is 0.300. The molecule has 1 atom stereocenters. The lowest BCUT2D eigenvalue weighted by Gasteiger charge is -2.10. The molecule has 0 fully saturated rings. The Hall–Kier alpha value is -1.91. The second-order valence-electron chi connectivity index (χ2n) is 3.12. The standard InChI is InChI=1S/C10H11NO4/c1-7(12)8(2)15-10-5-3-9(4-6-10)11(13)14/h3-6,8H,1-2H3. The summed E-state index contributed by atoms with van der Waals surface area (Å²) < 4.78 is 5.24. The maximum absolute atomic E-state index is 10.9. The fourth-order valence-corrected chi connectivity index (χ4v) is 0.934. The van der Waals surface area contributed by atoms with Gasteiger partial charge in [0.25, 0.3) is 5.69 Å². The molecule has 1 unspecified atom stereocenters. The number of Topliss-reactive ketones (excluding diaryl/α,β-unsaturated/α-hetero) is 1. The maximum atomic E-state index is 10.9. The van der Waals surface area contributed by atoms with Gasteiger partial charge in [0, 0.05) is 12.1 Å². The van der Waals surface area contributed by atoms with Crippen LogP contribution in [0.1, 0.15) is 13.8 Å². The van der Waals surface area contributed by atoms with Crippen molar-refractivity contribution in [1.29, 1.82) is 0 Å². The van der Waals surface area contributed by atoms with Crippen LogP contribution in [0.4, 0.5) is 5.69 Å². The van der Waals surface area contributed by atoms with Gasteiger partial charge in [0.1, 0.15) is 5.75 Å². The molecule has 0 saturated carbocycles. The van der Waals surface area contributed by atoms with E-state index >= 15 is 0 Å². The molecule has 1 aromatic carbocycles. The number of non-ortho nitro benzene ring substituents is 1. The Morgan fingerprint density at radius 1 is 1.40 bits per heavy atom. The van der Waals surface area contributed by atoms with E-state index in [2.05, 4.69) is 0 Å². The lowest BCUT2D eigenvalue weighted by molar-refractivity contribution is -0.384. The minimum absolute atomic E-state index is 0.00201. The van der Waals surface area contributed by atoms with Crippen LogP contribution in [0.5, 0.6) is 5.75 Å². The normalized spacial score (nSPS) is 11.9. The van der Waals surface area contributed by atoms with Gasteiger partial charge in [-0.1, -0.05) is 0 Å². The van der Waals surface area contributed by atoms with Gasteiger partial charge in [0.05, 0.1) is 4.92 Å². The molecule has 1 rings (SSSR count). The minimum Gasteiger partial charge on any atom is -0.483 e. The predicted octanol–water partition coefficient (Wildman–Crippen LogP) is 1.95. The molecule has 0 N–H and O–H groups in total. The molecule has 0 heterocycles. The molecule has 0 spiro atoms. The molecule has 0 saturated heterocycles. The lowest BCUT2D eigenvalue weighted by Crippen LogP contribution is -2.20. The van der Waals surface area contributed by atoms with Crippen LogP contribution in [-0.4, -0.2) is 16.8 Å². The van der Waals surface area contributed by atoms with E-state index in [0.29, 0.717) is 5.75 Å².